The van der Waals surface area contributed by atoms with Crippen LogP contribution in [-0.2, 0) is 15.8 Å². The van der Waals surface area contributed by atoms with Crippen molar-refractivity contribution >= 4 is 23.4 Å². The fraction of sp³-hybridized carbons (Fsp3) is 0.350. The Labute approximate surface area is 169 Å². The zero-order chi connectivity index (χ0) is 21.5. The molecular formula is C20H18F3N3O4. The molecule has 0 bridgehead atoms. The molecule has 158 valence electrons. The number of alkyl halides is 3. The third-order valence-electron chi connectivity index (χ3n) is 5.35. The third-order valence-corrected chi connectivity index (χ3v) is 5.35. The highest BCUT2D eigenvalue weighted by Gasteiger charge is 2.44. The van der Waals surface area contributed by atoms with E-state index in [1.165, 1.54) is 6.26 Å². The minimum Gasteiger partial charge on any atom is -0.459 e. The first-order valence-electron chi connectivity index (χ1n) is 9.36. The standard InChI is InChI=1S/C20H18F3N3O4/c21-20(22,23)13-3-5-14(6-4-13)26-17(27)12-15(18(26)28)24-7-9-25(10-8-24)19(29)16-2-1-11-30-16/h1-6,11,15H,7-10,12H2/t15-/m1/s1. The molecule has 2 fully saturated rings. The van der Waals surface area contributed by atoms with Crippen LogP contribution in [0.1, 0.15) is 22.5 Å². The van der Waals surface area contributed by atoms with Crippen LogP contribution in [0.3, 0.4) is 0 Å². The van der Waals surface area contributed by atoms with Gasteiger partial charge in [0.1, 0.15) is 0 Å². The monoisotopic (exact) mass is 421 g/mol. The number of imide groups is 1. The third kappa shape index (κ3) is 3.70. The summed E-state index contributed by atoms with van der Waals surface area (Å²) < 4.78 is 43.4. The van der Waals surface area contributed by atoms with Crippen molar-refractivity contribution in [1.82, 2.24) is 9.80 Å². The second kappa shape index (κ2) is 7.60. The number of nitrogens with zero attached hydrogens (tertiary/aromatic N) is 3. The van der Waals surface area contributed by atoms with E-state index in [-0.39, 0.29) is 23.8 Å². The Morgan fingerprint density at radius 3 is 2.23 bits per heavy atom. The van der Waals surface area contributed by atoms with Crippen molar-refractivity contribution < 1.29 is 32.0 Å². The molecular weight excluding hydrogens is 403 g/mol. The summed E-state index contributed by atoms with van der Waals surface area (Å²) in [6, 6.07) is 6.46. The van der Waals surface area contributed by atoms with Crippen molar-refractivity contribution in [2.75, 3.05) is 31.1 Å². The van der Waals surface area contributed by atoms with E-state index in [1.54, 1.807) is 17.0 Å². The molecule has 0 unspecified atom stereocenters. The zero-order valence-electron chi connectivity index (χ0n) is 15.8. The van der Waals surface area contributed by atoms with Gasteiger partial charge in [0, 0.05) is 26.2 Å². The van der Waals surface area contributed by atoms with Gasteiger partial charge >= 0.3 is 6.18 Å². The molecule has 0 aliphatic carbocycles. The van der Waals surface area contributed by atoms with Crippen LogP contribution in [-0.4, -0.2) is 59.7 Å². The fourth-order valence-corrected chi connectivity index (χ4v) is 3.76. The Morgan fingerprint density at radius 1 is 1.00 bits per heavy atom. The minimum atomic E-state index is -4.49. The van der Waals surface area contributed by atoms with Gasteiger partial charge in [0.25, 0.3) is 11.8 Å². The van der Waals surface area contributed by atoms with Crippen LogP contribution >= 0.6 is 0 Å². The SMILES string of the molecule is O=C(c1ccco1)N1CCN([C@@H]2CC(=O)N(c3ccc(C(F)(F)F)cc3)C2=O)CC1. The molecule has 2 saturated heterocycles. The van der Waals surface area contributed by atoms with E-state index in [2.05, 4.69) is 0 Å². The highest BCUT2D eigenvalue weighted by Crippen LogP contribution is 2.32. The largest absolute Gasteiger partial charge is 0.459 e. The summed E-state index contributed by atoms with van der Waals surface area (Å²) in [6.45, 7) is 1.55. The Hall–Kier alpha value is -3.14. The highest BCUT2D eigenvalue weighted by molar-refractivity contribution is 6.22. The molecule has 0 N–H and O–H groups in total. The lowest BCUT2D eigenvalue weighted by atomic mass is 10.1. The number of rotatable bonds is 3. The van der Waals surface area contributed by atoms with E-state index in [4.69, 9.17) is 4.42 Å². The highest BCUT2D eigenvalue weighted by atomic mass is 19.4. The van der Waals surface area contributed by atoms with E-state index in [0.29, 0.717) is 26.2 Å². The van der Waals surface area contributed by atoms with Gasteiger partial charge in [-0.3, -0.25) is 19.3 Å². The first-order valence-corrected chi connectivity index (χ1v) is 9.36. The molecule has 2 aliphatic heterocycles. The van der Waals surface area contributed by atoms with Crippen molar-refractivity contribution in [1.29, 1.82) is 0 Å². The molecule has 2 aliphatic rings. The number of halogens is 3. The van der Waals surface area contributed by atoms with Gasteiger partial charge in [-0.25, -0.2) is 4.90 Å². The average Bonchev–Trinajstić information content (AvgIpc) is 3.35. The lowest BCUT2D eigenvalue weighted by molar-refractivity contribution is -0.137. The first-order chi connectivity index (χ1) is 14.3. The number of benzene rings is 1. The molecule has 0 saturated carbocycles. The number of piperazine rings is 1. The van der Waals surface area contributed by atoms with Crippen LogP contribution in [0.2, 0.25) is 0 Å². The molecule has 1 aromatic heterocycles. The van der Waals surface area contributed by atoms with Gasteiger partial charge in [-0.2, -0.15) is 13.2 Å². The van der Waals surface area contributed by atoms with E-state index < -0.39 is 29.6 Å². The molecule has 4 rings (SSSR count). The quantitative estimate of drug-likeness (QED) is 0.712. The number of amides is 3. The summed E-state index contributed by atoms with van der Waals surface area (Å²) in [5.41, 5.74) is -0.730. The number of hydrogen-bond acceptors (Lipinski definition) is 5. The molecule has 1 atom stereocenters. The first kappa shape index (κ1) is 20.1. The van der Waals surface area contributed by atoms with E-state index in [9.17, 15) is 27.6 Å². The lowest BCUT2D eigenvalue weighted by Gasteiger charge is -2.36. The Morgan fingerprint density at radius 2 is 1.67 bits per heavy atom. The summed E-state index contributed by atoms with van der Waals surface area (Å²) in [5.74, 6) is -0.923. The molecule has 3 amide bonds. The molecule has 2 aromatic rings. The van der Waals surface area contributed by atoms with Crippen LogP contribution < -0.4 is 4.90 Å². The van der Waals surface area contributed by atoms with Crippen molar-refractivity contribution in [3.8, 4) is 0 Å². The summed E-state index contributed by atoms with van der Waals surface area (Å²) in [4.78, 5) is 42.0. The van der Waals surface area contributed by atoms with Crippen molar-refractivity contribution in [3.05, 3.63) is 54.0 Å². The van der Waals surface area contributed by atoms with Crippen LogP contribution in [0.4, 0.5) is 18.9 Å². The van der Waals surface area contributed by atoms with Gasteiger partial charge in [-0.05, 0) is 36.4 Å². The smallest absolute Gasteiger partial charge is 0.416 e. The van der Waals surface area contributed by atoms with Gasteiger partial charge in [-0.15, -0.1) is 0 Å². The Kier molecular flexibility index (Phi) is 5.10. The maximum Gasteiger partial charge on any atom is 0.416 e. The molecule has 7 nitrogen and oxygen atoms in total. The number of hydrogen-bond donors (Lipinski definition) is 0. The van der Waals surface area contributed by atoms with Gasteiger partial charge in [0.05, 0.1) is 30.0 Å². The Balaban J connectivity index is 1.41. The maximum absolute atomic E-state index is 12.8. The summed E-state index contributed by atoms with van der Waals surface area (Å²) in [6.07, 6.45) is -3.12. The second-order valence-corrected chi connectivity index (χ2v) is 7.14. The second-order valence-electron chi connectivity index (χ2n) is 7.14. The molecule has 0 spiro atoms. The fourth-order valence-electron chi connectivity index (χ4n) is 3.76. The summed E-state index contributed by atoms with van der Waals surface area (Å²) in [5, 5.41) is 0. The van der Waals surface area contributed by atoms with Crippen LogP contribution in [0.5, 0.6) is 0 Å². The predicted molar refractivity (Wildman–Crippen MR) is 98.5 cm³/mol. The van der Waals surface area contributed by atoms with Gasteiger partial charge < -0.3 is 9.32 Å². The van der Waals surface area contributed by atoms with E-state index in [0.717, 1.165) is 29.2 Å². The molecule has 0 radical (unpaired) electrons. The van der Waals surface area contributed by atoms with Gasteiger partial charge in [0.15, 0.2) is 5.76 Å². The average molecular weight is 421 g/mol. The lowest BCUT2D eigenvalue weighted by Crippen LogP contribution is -2.53. The number of carbonyl (C=O) groups is 3. The van der Waals surface area contributed by atoms with Crippen LogP contribution in [0, 0.1) is 0 Å². The van der Waals surface area contributed by atoms with Crippen LogP contribution in [0.15, 0.2) is 47.1 Å². The van der Waals surface area contributed by atoms with E-state index in [1.807, 2.05) is 4.90 Å². The number of furan rings is 1. The summed E-state index contributed by atoms with van der Waals surface area (Å²) in [7, 11) is 0. The van der Waals surface area contributed by atoms with Crippen molar-refractivity contribution in [3.63, 3.8) is 0 Å². The minimum absolute atomic E-state index is 0.0496. The number of anilines is 1. The van der Waals surface area contributed by atoms with Crippen LogP contribution in [0.25, 0.3) is 0 Å². The van der Waals surface area contributed by atoms with Gasteiger partial charge in [-0.1, -0.05) is 0 Å². The topological polar surface area (TPSA) is 74.1 Å². The number of carbonyl (C=O) groups excluding carboxylic acids is 3. The molecule has 10 heteroatoms. The van der Waals surface area contributed by atoms with Crippen molar-refractivity contribution in [2.45, 2.75) is 18.6 Å². The summed E-state index contributed by atoms with van der Waals surface area (Å²) >= 11 is 0. The maximum atomic E-state index is 12.8. The molecule has 3 heterocycles. The predicted octanol–water partition coefficient (Wildman–Crippen LogP) is 2.39. The van der Waals surface area contributed by atoms with Crippen molar-refractivity contribution in [2.24, 2.45) is 0 Å². The Bertz CT molecular complexity index is 949. The van der Waals surface area contributed by atoms with Gasteiger partial charge in [0.2, 0.25) is 5.91 Å². The molecule has 30 heavy (non-hydrogen) atoms. The zero-order valence-corrected chi connectivity index (χ0v) is 15.8. The van der Waals surface area contributed by atoms with E-state index >= 15 is 0 Å². The molecule has 1 aromatic carbocycles. The normalized spacial score (nSPS) is 20.8.